The van der Waals surface area contributed by atoms with Gasteiger partial charge < -0.3 is 4.90 Å². The average molecular weight is 350 g/mol. The molecule has 0 amide bonds. The maximum absolute atomic E-state index is 13.2. The first-order chi connectivity index (χ1) is 10.2. The Kier molecular flexibility index (Phi) is 4.51. The summed E-state index contributed by atoms with van der Waals surface area (Å²) in [4.78, 5) is 8.24. The van der Waals surface area contributed by atoms with Crippen LogP contribution in [-0.4, -0.2) is 36.1 Å². The zero-order valence-corrected chi connectivity index (χ0v) is 13.3. The van der Waals surface area contributed by atoms with Gasteiger partial charge in [-0.2, -0.15) is 4.39 Å². The van der Waals surface area contributed by atoms with E-state index in [2.05, 4.69) is 48.9 Å². The van der Waals surface area contributed by atoms with Crippen molar-refractivity contribution in [1.29, 1.82) is 0 Å². The zero-order chi connectivity index (χ0) is 14.7. The van der Waals surface area contributed by atoms with Crippen LogP contribution in [0.2, 0.25) is 0 Å². The first-order valence-corrected chi connectivity index (χ1v) is 7.84. The largest absolute Gasteiger partial charge is 0.369 e. The van der Waals surface area contributed by atoms with E-state index < -0.39 is 5.95 Å². The molecule has 5 heteroatoms. The SMILES string of the molecule is Fc1cc(N2CCN(Cc3ccccc3Br)CC2)ccn1. The van der Waals surface area contributed by atoms with Gasteiger partial charge in [0.1, 0.15) is 0 Å². The van der Waals surface area contributed by atoms with Crippen LogP contribution in [0.25, 0.3) is 0 Å². The van der Waals surface area contributed by atoms with Crippen LogP contribution in [0.4, 0.5) is 10.1 Å². The van der Waals surface area contributed by atoms with Crippen molar-refractivity contribution in [2.45, 2.75) is 6.54 Å². The second kappa shape index (κ2) is 6.54. The van der Waals surface area contributed by atoms with E-state index in [1.54, 1.807) is 0 Å². The van der Waals surface area contributed by atoms with E-state index in [0.29, 0.717) is 0 Å². The second-order valence-corrected chi connectivity index (χ2v) is 6.05. The minimum atomic E-state index is -0.414. The van der Waals surface area contributed by atoms with Crippen LogP contribution in [0.15, 0.2) is 47.1 Å². The van der Waals surface area contributed by atoms with Crippen LogP contribution < -0.4 is 4.90 Å². The normalized spacial score (nSPS) is 16.2. The third-order valence-corrected chi connectivity index (χ3v) is 4.57. The van der Waals surface area contributed by atoms with Crippen LogP contribution in [0.5, 0.6) is 0 Å². The van der Waals surface area contributed by atoms with Gasteiger partial charge >= 0.3 is 0 Å². The maximum atomic E-state index is 13.2. The maximum Gasteiger partial charge on any atom is 0.214 e. The lowest BCUT2D eigenvalue weighted by atomic mass is 10.2. The number of rotatable bonds is 3. The summed E-state index contributed by atoms with van der Waals surface area (Å²) < 4.78 is 14.3. The molecule has 3 rings (SSSR count). The van der Waals surface area contributed by atoms with Gasteiger partial charge in [-0.05, 0) is 17.7 Å². The molecule has 0 saturated carbocycles. The molecule has 1 aliphatic heterocycles. The fourth-order valence-electron chi connectivity index (χ4n) is 2.62. The van der Waals surface area contributed by atoms with Crippen LogP contribution in [0, 0.1) is 5.95 Å². The molecule has 0 unspecified atom stereocenters. The molecule has 0 radical (unpaired) electrons. The zero-order valence-electron chi connectivity index (χ0n) is 11.7. The summed E-state index contributed by atoms with van der Waals surface area (Å²) in [7, 11) is 0. The number of piperazine rings is 1. The Morgan fingerprint density at radius 2 is 1.86 bits per heavy atom. The van der Waals surface area contributed by atoms with Crippen molar-refractivity contribution in [2.24, 2.45) is 0 Å². The molecule has 0 aliphatic carbocycles. The summed E-state index contributed by atoms with van der Waals surface area (Å²) in [5.41, 5.74) is 2.23. The van der Waals surface area contributed by atoms with Crippen molar-refractivity contribution in [3.8, 4) is 0 Å². The van der Waals surface area contributed by atoms with Crippen LogP contribution in [0.1, 0.15) is 5.56 Å². The number of hydrogen-bond donors (Lipinski definition) is 0. The standard InChI is InChI=1S/C16H17BrFN3/c17-15-4-2-1-3-13(15)12-20-7-9-21(10-8-20)14-5-6-19-16(18)11-14/h1-6,11H,7-10,12H2. The van der Waals surface area contributed by atoms with Gasteiger partial charge in [-0.1, -0.05) is 34.1 Å². The van der Waals surface area contributed by atoms with E-state index in [9.17, 15) is 4.39 Å². The van der Waals surface area contributed by atoms with Crippen LogP contribution in [-0.2, 0) is 6.54 Å². The van der Waals surface area contributed by atoms with E-state index in [0.717, 1.165) is 42.9 Å². The van der Waals surface area contributed by atoms with E-state index >= 15 is 0 Å². The summed E-state index contributed by atoms with van der Waals surface area (Å²) in [6.07, 6.45) is 1.53. The monoisotopic (exact) mass is 349 g/mol. The third kappa shape index (κ3) is 3.60. The Bertz CT molecular complexity index is 612. The highest BCUT2D eigenvalue weighted by molar-refractivity contribution is 9.10. The number of hydrogen-bond acceptors (Lipinski definition) is 3. The Hall–Kier alpha value is -1.46. The number of benzene rings is 1. The highest BCUT2D eigenvalue weighted by atomic mass is 79.9. The molecule has 0 spiro atoms. The highest BCUT2D eigenvalue weighted by Crippen LogP contribution is 2.20. The van der Waals surface area contributed by atoms with Gasteiger partial charge in [0.15, 0.2) is 0 Å². The predicted molar refractivity (Wildman–Crippen MR) is 85.8 cm³/mol. The molecular weight excluding hydrogens is 333 g/mol. The summed E-state index contributed by atoms with van der Waals surface area (Å²) in [6, 6.07) is 11.7. The quantitative estimate of drug-likeness (QED) is 0.792. The lowest BCUT2D eigenvalue weighted by Crippen LogP contribution is -2.46. The lowest BCUT2D eigenvalue weighted by molar-refractivity contribution is 0.249. The lowest BCUT2D eigenvalue weighted by Gasteiger charge is -2.36. The molecular formula is C16H17BrFN3. The molecule has 0 atom stereocenters. The summed E-state index contributed by atoms with van der Waals surface area (Å²) in [5.74, 6) is -0.414. The average Bonchev–Trinajstić information content (AvgIpc) is 2.50. The van der Waals surface area contributed by atoms with Crippen LogP contribution in [0.3, 0.4) is 0 Å². The number of halogens is 2. The molecule has 0 N–H and O–H groups in total. The summed E-state index contributed by atoms with van der Waals surface area (Å²) in [5, 5.41) is 0. The van der Waals surface area contributed by atoms with Crippen molar-refractivity contribution < 1.29 is 4.39 Å². The minimum Gasteiger partial charge on any atom is -0.369 e. The molecule has 2 aromatic rings. The van der Waals surface area contributed by atoms with Gasteiger partial charge in [-0.3, -0.25) is 4.90 Å². The van der Waals surface area contributed by atoms with Crippen molar-refractivity contribution in [1.82, 2.24) is 9.88 Å². The molecule has 21 heavy (non-hydrogen) atoms. The Morgan fingerprint density at radius 3 is 2.57 bits per heavy atom. The Morgan fingerprint density at radius 1 is 1.10 bits per heavy atom. The molecule has 1 aromatic heterocycles. The molecule has 1 saturated heterocycles. The molecule has 0 bridgehead atoms. The Labute approximate surface area is 132 Å². The molecule has 3 nitrogen and oxygen atoms in total. The van der Waals surface area contributed by atoms with Crippen molar-refractivity contribution in [3.05, 3.63) is 58.6 Å². The van der Waals surface area contributed by atoms with E-state index in [1.807, 2.05) is 12.1 Å². The first kappa shape index (κ1) is 14.5. The minimum absolute atomic E-state index is 0.414. The van der Waals surface area contributed by atoms with Gasteiger partial charge in [0, 0.05) is 55.1 Å². The molecule has 1 aliphatic rings. The fraction of sp³-hybridized carbons (Fsp3) is 0.312. The first-order valence-electron chi connectivity index (χ1n) is 7.04. The van der Waals surface area contributed by atoms with E-state index in [1.165, 1.54) is 17.8 Å². The van der Waals surface area contributed by atoms with E-state index in [-0.39, 0.29) is 0 Å². The molecule has 1 fully saturated rings. The molecule has 1 aromatic carbocycles. The van der Waals surface area contributed by atoms with Gasteiger partial charge in [0.25, 0.3) is 0 Å². The fourth-order valence-corrected chi connectivity index (χ4v) is 3.03. The van der Waals surface area contributed by atoms with E-state index in [4.69, 9.17) is 0 Å². The van der Waals surface area contributed by atoms with Gasteiger partial charge in [-0.25, -0.2) is 4.98 Å². The third-order valence-electron chi connectivity index (χ3n) is 3.80. The van der Waals surface area contributed by atoms with Crippen molar-refractivity contribution in [2.75, 3.05) is 31.1 Å². The highest BCUT2D eigenvalue weighted by Gasteiger charge is 2.18. The summed E-state index contributed by atoms with van der Waals surface area (Å²) in [6.45, 7) is 4.72. The number of aromatic nitrogens is 1. The van der Waals surface area contributed by atoms with Gasteiger partial charge in [0.05, 0.1) is 0 Å². The Balaban J connectivity index is 1.59. The number of nitrogens with zero attached hydrogens (tertiary/aromatic N) is 3. The molecule has 110 valence electrons. The second-order valence-electron chi connectivity index (χ2n) is 5.19. The van der Waals surface area contributed by atoms with Gasteiger partial charge in [0.2, 0.25) is 5.95 Å². The molecule has 2 heterocycles. The number of pyridine rings is 1. The van der Waals surface area contributed by atoms with Crippen molar-refractivity contribution in [3.63, 3.8) is 0 Å². The number of anilines is 1. The predicted octanol–water partition coefficient (Wildman–Crippen LogP) is 3.31. The summed E-state index contributed by atoms with van der Waals surface area (Å²) >= 11 is 3.59. The van der Waals surface area contributed by atoms with Crippen molar-refractivity contribution >= 4 is 21.6 Å². The van der Waals surface area contributed by atoms with Gasteiger partial charge in [-0.15, -0.1) is 0 Å². The topological polar surface area (TPSA) is 19.4 Å². The van der Waals surface area contributed by atoms with Crippen LogP contribution >= 0.6 is 15.9 Å². The smallest absolute Gasteiger partial charge is 0.214 e.